The molecule has 1 aromatic carbocycles. The van der Waals surface area contributed by atoms with Crippen LogP contribution < -0.4 is 0 Å². The molecule has 0 N–H and O–H groups in total. The third kappa shape index (κ3) is 2.52. The molecule has 0 atom stereocenters. The molecule has 11 heavy (non-hydrogen) atoms. The lowest BCUT2D eigenvalue weighted by atomic mass is 10.2. The van der Waals surface area contributed by atoms with Gasteiger partial charge in [0.1, 0.15) is 0 Å². The molecule has 0 unspecified atom stereocenters. The van der Waals surface area contributed by atoms with Crippen LogP contribution in [-0.4, -0.2) is 0 Å². The third-order valence-corrected chi connectivity index (χ3v) is 2.05. The topological polar surface area (TPSA) is 0 Å². The Morgan fingerprint density at radius 1 is 1.00 bits per heavy atom. The van der Waals surface area contributed by atoms with Crippen molar-refractivity contribution in [1.82, 2.24) is 0 Å². The maximum atomic E-state index is 12.1. The molecule has 1 aromatic rings. The van der Waals surface area contributed by atoms with E-state index in [4.69, 9.17) is 0 Å². The first-order valence-electron chi connectivity index (χ1n) is 2.84. The van der Waals surface area contributed by atoms with Crippen molar-refractivity contribution in [2.75, 3.05) is 0 Å². The maximum Gasteiger partial charge on any atom is 0.263 e. The van der Waals surface area contributed by atoms with Gasteiger partial charge in [0.2, 0.25) is 0 Å². The zero-order valence-corrected chi connectivity index (χ0v) is 8.49. The van der Waals surface area contributed by atoms with Crippen LogP contribution in [0.3, 0.4) is 0 Å². The highest BCUT2D eigenvalue weighted by molar-refractivity contribution is 9.11. The Balaban J connectivity index is 3.08. The van der Waals surface area contributed by atoms with Gasteiger partial charge in [-0.25, -0.2) is 8.78 Å². The van der Waals surface area contributed by atoms with Gasteiger partial charge in [0, 0.05) is 14.5 Å². The minimum atomic E-state index is -2.41. The Morgan fingerprint density at radius 3 is 1.82 bits per heavy atom. The number of hydrogen-bond acceptors (Lipinski definition) is 0. The third-order valence-electron chi connectivity index (χ3n) is 1.14. The molecule has 60 valence electrons. The van der Waals surface area contributed by atoms with Crippen LogP contribution in [0.4, 0.5) is 8.78 Å². The molecule has 1 rings (SSSR count). The van der Waals surface area contributed by atoms with Crippen LogP contribution in [0, 0.1) is 0 Å². The first kappa shape index (κ1) is 9.13. The number of benzene rings is 1. The highest BCUT2D eigenvalue weighted by Gasteiger charge is 2.07. The molecule has 0 amide bonds. The minimum Gasteiger partial charge on any atom is -0.205 e. The van der Waals surface area contributed by atoms with E-state index in [-0.39, 0.29) is 5.56 Å². The smallest absolute Gasteiger partial charge is 0.205 e. The van der Waals surface area contributed by atoms with Gasteiger partial charge in [0.05, 0.1) is 0 Å². The van der Waals surface area contributed by atoms with Crippen LogP contribution in [0.2, 0.25) is 0 Å². The molecule has 0 aliphatic carbocycles. The summed E-state index contributed by atoms with van der Waals surface area (Å²) in [7, 11) is 0. The van der Waals surface area contributed by atoms with E-state index in [0.29, 0.717) is 8.95 Å². The molecule has 0 bridgehead atoms. The van der Waals surface area contributed by atoms with E-state index in [1.54, 1.807) is 6.07 Å². The van der Waals surface area contributed by atoms with Crippen molar-refractivity contribution in [3.05, 3.63) is 32.7 Å². The quantitative estimate of drug-likeness (QED) is 0.727. The fourth-order valence-corrected chi connectivity index (χ4v) is 2.03. The summed E-state index contributed by atoms with van der Waals surface area (Å²) < 4.78 is 25.5. The Labute approximate surface area is 79.9 Å². The molecule has 0 fully saturated rings. The van der Waals surface area contributed by atoms with Gasteiger partial charge in [0.25, 0.3) is 6.43 Å². The lowest BCUT2D eigenvalue weighted by Gasteiger charge is -2.00. The summed E-state index contributed by atoms with van der Waals surface area (Å²) >= 11 is 6.24. The predicted octanol–water partition coefficient (Wildman–Crippen LogP) is 4.15. The van der Waals surface area contributed by atoms with Gasteiger partial charge in [-0.3, -0.25) is 0 Å². The molecular weight excluding hydrogens is 282 g/mol. The standard InChI is InChI=1S/C7H4Br2F2/c8-5-1-4(7(10)11)2-6(9)3-5/h1-3,7H. The fourth-order valence-electron chi connectivity index (χ4n) is 0.701. The molecule has 0 saturated heterocycles. The summed E-state index contributed by atoms with van der Waals surface area (Å²) in [5, 5.41) is 0. The van der Waals surface area contributed by atoms with Crippen molar-refractivity contribution < 1.29 is 8.78 Å². The predicted molar refractivity (Wildman–Crippen MR) is 46.8 cm³/mol. The van der Waals surface area contributed by atoms with Crippen molar-refractivity contribution in [1.29, 1.82) is 0 Å². The molecular formula is C7H4Br2F2. The van der Waals surface area contributed by atoms with Crippen molar-refractivity contribution in [2.24, 2.45) is 0 Å². The van der Waals surface area contributed by atoms with Gasteiger partial charge < -0.3 is 0 Å². The summed E-state index contributed by atoms with van der Waals surface area (Å²) in [5.41, 5.74) is 0.0197. The molecule has 0 nitrogen and oxygen atoms in total. The van der Waals surface area contributed by atoms with Crippen molar-refractivity contribution in [3.8, 4) is 0 Å². The van der Waals surface area contributed by atoms with Crippen LogP contribution in [0.5, 0.6) is 0 Å². The van der Waals surface area contributed by atoms with E-state index < -0.39 is 6.43 Å². The number of alkyl halides is 2. The molecule has 0 saturated carbocycles. The molecule has 0 radical (unpaired) electrons. The Kier molecular flexibility index (Phi) is 3.01. The molecule has 0 spiro atoms. The summed E-state index contributed by atoms with van der Waals surface area (Å²) in [4.78, 5) is 0. The average molecular weight is 286 g/mol. The second-order valence-electron chi connectivity index (χ2n) is 2.00. The Bertz CT molecular complexity index is 240. The van der Waals surface area contributed by atoms with Crippen LogP contribution in [-0.2, 0) is 0 Å². The lowest BCUT2D eigenvalue weighted by molar-refractivity contribution is 0.151. The van der Waals surface area contributed by atoms with Gasteiger partial charge in [-0.2, -0.15) is 0 Å². The fraction of sp³-hybridized carbons (Fsp3) is 0.143. The molecule has 4 heteroatoms. The average Bonchev–Trinajstić information content (AvgIpc) is 1.85. The first-order chi connectivity index (χ1) is 5.09. The lowest BCUT2D eigenvalue weighted by Crippen LogP contribution is -1.83. The van der Waals surface area contributed by atoms with Crippen molar-refractivity contribution >= 4 is 31.9 Å². The number of hydrogen-bond donors (Lipinski definition) is 0. The largest absolute Gasteiger partial charge is 0.263 e. The summed E-state index contributed by atoms with van der Waals surface area (Å²) in [6.07, 6.45) is -2.41. The molecule has 0 heterocycles. The second kappa shape index (κ2) is 3.63. The Hall–Kier alpha value is 0.0400. The van der Waals surface area contributed by atoms with E-state index in [0.717, 1.165) is 0 Å². The Morgan fingerprint density at radius 2 is 1.45 bits per heavy atom. The van der Waals surface area contributed by atoms with Crippen molar-refractivity contribution in [2.45, 2.75) is 6.43 Å². The highest BCUT2D eigenvalue weighted by atomic mass is 79.9. The van der Waals surface area contributed by atoms with Crippen LogP contribution in [0.25, 0.3) is 0 Å². The first-order valence-corrected chi connectivity index (χ1v) is 4.42. The molecule has 0 aliphatic rings. The molecule has 0 aliphatic heterocycles. The van der Waals surface area contributed by atoms with E-state index >= 15 is 0 Å². The number of halogens is 4. The van der Waals surface area contributed by atoms with Crippen molar-refractivity contribution in [3.63, 3.8) is 0 Å². The zero-order valence-electron chi connectivity index (χ0n) is 5.32. The maximum absolute atomic E-state index is 12.1. The van der Waals surface area contributed by atoms with Gasteiger partial charge in [-0.15, -0.1) is 0 Å². The van der Waals surface area contributed by atoms with Crippen LogP contribution >= 0.6 is 31.9 Å². The SMILES string of the molecule is FC(F)c1cc(Br)cc(Br)c1. The van der Waals surface area contributed by atoms with Gasteiger partial charge in [0.15, 0.2) is 0 Å². The van der Waals surface area contributed by atoms with Crippen LogP contribution in [0.15, 0.2) is 27.1 Å². The van der Waals surface area contributed by atoms with Gasteiger partial charge in [-0.1, -0.05) is 31.9 Å². The van der Waals surface area contributed by atoms with Crippen LogP contribution in [0.1, 0.15) is 12.0 Å². The second-order valence-corrected chi connectivity index (χ2v) is 3.83. The summed E-state index contributed by atoms with van der Waals surface area (Å²) in [6, 6.07) is 4.51. The van der Waals surface area contributed by atoms with E-state index in [2.05, 4.69) is 31.9 Å². The van der Waals surface area contributed by atoms with Gasteiger partial charge in [-0.05, 0) is 18.2 Å². The minimum absolute atomic E-state index is 0.0197. The zero-order chi connectivity index (χ0) is 8.43. The summed E-state index contributed by atoms with van der Waals surface area (Å²) in [6.45, 7) is 0. The monoisotopic (exact) mass is 284 g/mol. The van der Waals surface area contributed by atoms with Gasteiger partial charge >= 0.3 is 0 Å². The van der Waals surface area contributed by atoms with E-state index in [9.17, 15) is 8.78 Å². The highest BCUT2D eigenvalue weighted by Crippen LogP contribution is 2.26. The van der Waals surface area contributed by atoms with E-state index in [1.165, 1.54) is 12.1 Å². The summed E-state index contributed by atoms with van der Waals surface area (Å²) in [5.74, 6) is 0. The number of rotatable bonds is 1. The van der Waals surface area contributed by atoms with E-state index in [1.807, 2.05) is 0 Å². The molecule has 0 aromatic heterocycles. The normalized spacial score (nSPS) is 10.6.